The van der Waals surface area contributed by atoms with Gasteiger partial charge in [0.15, 0.2) is 0 Å². The topological polar surface area (TPSA) is 49.6 Å². The summed E-state index contributed by atoms with van der Waals surface area (Å²) in [4.78, 5) is 15.1. The molecule has 0 atom stereocenters. The van der Waals surface area contributed by atoms with E-state index in [2.05, 4.69) is 0 Å². The van der Waals surface area contributed by atoms with Gasteiger partial charge < -0.3 is 10.6 Å². The van der Waals surface area contributed by atoms with Gasteiger partial charge in [-0.15, -0.1) is 0 Å². The average molecular weight is 221 g/mol. The van der Waals surface area contributed by atoms with Gasteiger partial charge in [0.2, 0.25) is 0 Å². The summed E-state index contributed by atoms with van der Waals surface area (Å²) in [7, 11) is 1.80. The molecule has 1 saturated heterocycles. The lowest BCUT2D eigenvalue weighted by Crippen LogP contribution is -2.29. The molecule has 0 aliphatic carbocycles. The zero-order valence-electron chi connectivity index (χ0n) is 10.1. The van der Waals surface area contributed by atoms with E-state index in [0.29, 0.717) is 5.69 Å². The Morgan fingerprint density at radius 2 is 1.94 bits per heavy atom. The molecule has 0 unspecified atom stereocenters. The molecule has 0 aromatic heterocycles. The van der Waals surface area contributed by atoms with Gasteiger partial charge >= 0.3 is 6.03 Å². The van der Waals surface area contributed by atoms with Crippen molar-refractivity contribution in [1.82, 2.24) is 4.90 Å². The highest BCUT2D eigenvalue weighted by Crippen LogP contribution is 2.21. The molecular weight excluding hydrogens is 202 g/mol. The second kappa shape index (κ2) is 5.39. The fraction of sp³-hybridized carbons (Fsp3) is 0.417. The van der Waals surface area contributed by atoms with Gasteiger partial charge in [0.05, 0.1) is 0 Å². The summed E-state index contributed by atoms with van der Waals surface area (Å²) in [6.45, 7) is 5.51. The predicted molar refractivity (Wildman–Crippen MR) is 67.6 cm³/mol. The van der Waals surface area contributed by atoms with Gasteiger partial charge in [0.1, 0.15) is 0 Å². The quantitative estimate of drug-likeness (QED) is 0.739. The molecule has 2 rings (SSSR count). The number of anilines is 2. The Bertz CT molecular complexity index is 365. The lowest BCUT2D eigenvalue weighted by molar-refractivity contribution is 0.229. The van der Waals surface area contributed by atoms with Crippen LogP contribution in [0.5, 0.6) is 0 Å². The third-order valence-electron chi connectivity index (χ3n) is 2.40. The summed E-state index contributed by atoms with van der Waals surface area (Å²) < 4.78 is 0. The minimum absolute atomic E-state index is 0.0376. The van der Waals surface area contributed by atoms with Crippen LogP contribution in [0.1, 0.15) is 13.8 Å². The fourth-order valence-electron chi connectivity index (χ4n) is 1.58. The molecule has 16 heavy (non-hydrogen) atoms. The lowest BCUT2D eigenvalue weighted by Gasteiger charge is -2.16. The number of nitrogen functional groups attached to an aromatic ring is 1. The van der Waals surface area contributed by atoms with E-state index in [9.17, 15) is 4.79 Å². The minimum Gasteiger partial charge on any atom is -0.399 e. The van der Waals surface area contributed by atoms with Gasteiger partial charge in [-0.25, -0.2) is 4.79 Å². The second-order valence-corrected chi connectivity index (χ2v) is 3.45. The summed E-state index contributed by atoms with van der Waals surface area (Å²) in [5.74, 6) is 0. The Kier molecular flexibility index (Phi) is 4.17. The van der Waals surface area contributed by atoms with Gasteiger partial charge in [-0.1, -0.05) is 19.9 Å². The van der Waals surface area contributed by atoms with Crippen LogP contribution in [0.3, 0.4) is 0 Å². The van der Waals surface area contributed by atoms with Crippen molar-refractivity contribution in [2.24, 2.45) is 0 Å². The Balaban J connectivity index is 0.000000606. The van der Waals surface area contributed by atoms with Crippen LogP contribution in [0.25, 0.3) is 0 Å². The molecule has 0 radical (unpaired) electrons. The van der Waals surface area contributed by atoms with Crippen molar-refractivity contribution in [3.05, 3.63) is 24.3 Å². The van der Waals surface area contributed by atoms with Gasteiger partial charge in [-0.05, 0) is 18.2 Å². The van der Waals surface area contributed by atoms with Crippen LogP contribution in [0, 0.1) is 0 Å². The molecule has 1 aliphatic rings. The van der Waals surface area contributed by atoms with Crippen LogP contribution in [-0.4, -0.2) is 31.1 Å². The molecule has 1 fully saturated rings. The Hall–Kier alpha value is -1.71. The summed E-state index contributed by atoms with van der Waals surface area (Å²) in [6, 6.07) is 7.42. The van der Waals surface area contributed by atoms with E-state index in [1.54, 1.807) is 16.8 Å². The molecule has 4 heteroatoms. The fourth-order valence-corrected chi connectivity index (χ4v) is 1.58. The molecule has 1 aliphatic heterocycles. The van der Waals surface area contributed by atoms with Crippen LogP contribution in [0.4, 0.5) is 16.2 Å². The Morgan fingerprint density at radius 3 is 2.44 bits per heavy atom. The van der Waals surface area contributed by atoms with Gasteiger partial charge in [-0.3, -0.25) is 4.90 Å². The summed E-state index contributed by atoms with van der Waals surface area (Å²) in [6.07, 6.45) is 0. The van der Waals surface area contributed by atoms with Crippen LogP contribution < -0.4 is 10.6 Å². The monoisotopic (exact) mass is 221 g/mol. The molecule has 0 saturated carbocycles. The summed E-state index contributed by atoms with van der Waals surface area (Å²) >= 11 is 0. The number of hydrogen-bond acceptors (Lipinski definition) is 2. The third kappa shape index (κ3) is 2.45. The van der Waals surface area contributed by atoms with Crippen molar-refractivity contribution >= 4 is 17.4 Å². The van der Waals surface area contributed by atoms with E-state index in [1.807, 2.05) is 38.1 Å². The van der Waals surface area contributed by atoms with Crippen LogP contribution in [-0.2, 0) is 0 Å². The highest BCUT2D eigenvalue weighted by atomic mass is 16.2. The van der Waals surface area contributed by atoms with E-state index in [1.165, 1.54) is 0 Å². The molecule has 2 N–H and O–H groups in total. The predicted octanol–water partition coefficient (Wildman–Crippen LogP) is 2.17. The van der Waals surface area contributed by atoms with Crippen molar-refractivity contribution in [3.8, 4) is 0 Å². The van der Waals surface area contributed by atoms with Crippen molar-refractivity contribution in [3.63, 3.8) is 0 Å². The Labute approximate surface area is 96.6 Å². The minimum atomic E-state index is 0.0376. The van der Waals surface area contributed by atoms with Crippen molar-refractivity contribution in [2.45, 2.75) is 13.8 Å². The molecule has 2 amide bonds. The van der Waals surface area contributed by atoms with Crippen LogP contribution >= 0.6 is 0 Å². The highest BCUT2D eigenvalue weighted by Gasteiger charge is 2.26. The molecular formula is C12H19N3O. The number of carbonyl (C=O) groups is 1. The van der Waals surface area contributed by atoms with E-state index in [0.717, 1.165) is 18.8 Å². The van der Waals surface area contributed by atoms with E-state index in [4.69, 9.17) is 5.73 Å². The van der Waals surface area contributed by atoms with Gasteiger partial charge in [0, 0.05) is 31.5 Å². The number of carbonyl (C=O) groups excluding carboxylic acids is 1. The third-order valence-corrected chi connectivity index (χ3v) is 2.40. The number of amides is 2. The van der Waals surface area contributed by atoms with Crippen molar-refractivity contribution < 1.29 is 4.79 Å². The van der Waals surface area contributed by atoms with E-state index >= 15 is 0 Å². The van der Waals surface area contributed by atoms with Gasteiger partial charge in [0.25, 0.3) is 0 Å². The van der Waals surface area contributed by atoms with Crippen molar-refractivity contribution in [2.75, 3.05) is 30.8 Å². The van der Waals surface area contributed by atoms with Crippen LogP contribution in [0.15, 0.2) is 24.3 Å². The Morgan fingerprint density at radius 1 is 1.25 bits per heavy atom. The number of likely N-dealkylation sites (N-methyl/N-ethyl adjacent to an activating group) is 1. The maximum atomic E-state index is 11.6. The number of rotatable bonds is 1. The maximum Gasteiger partial charge on any atom is 0.324 e. The standard InChI is InChI=1S/C10H13N3O.C2H6/c1-12-5-6-13(10(12)14)9-4-2-3-8(11)7-9;1-2/h2-4,7H,5-6,11H2,1H3;1-2H3. The first kappa shape index (κ1) is 12.4. The first-order chi connectivity index (χ1) is 7.68. The number of urea groups is 1. The molecule has 0 spiro atoms. The molecule has 1 aromatic rings. The maximum absolute atomic E-state index is 11.6. The smallest absolute Gasteiger partial charge is 0.324 e. The lowest BCUT2D eigenvalue weighted by atomic mass is 10.2. The normalized spacial score (nSPS) is 14.8. The van der Waals surface area contributed by atoms with Crippen LogP contribution in [0.2, 0.25) is 0 Å². The molecule has 1 heterocycles. The van der Waals surface area contributed by atoms with Gasteiger partial charge in [-0.2, -0.15) is 0 Å². The zero-order chi connectivity index (χ0) is 12.1. The number of hydrogen-bond donors (Lipinski definition) is 1. The van der Waals surface area contributed by atoms with E-state index < -0.39 is 0 Å². The van der Waals surface area contributed by atoms with Crippen molar-refractivity contribution in [1.29, 1.82) is 0 Å². The summed E-state index contributed by atoms with van der Waals surface area (Å²) in [5, 5.41) is 0. The number of nitrogens with zero attached hydrogens (tertiary/aromatic N) is 2. The number of benzene rings is 1. The molecule has 0 bridgehead atoms. The highest BCUT2D eigenvalue weighted by molar-refractivity contribution is 5.94. The largest absolute Gasteiger partial charge is 0.399 e. The first-order valence-corrected chi connectivity index (χ1v) is 5.56. The second-order valence-electron chi connectivity index (χ2n) is 3.45. The van der Waals surface area contributed by atoms with E-state index in [-0.39, 0.29) is 6.03 Å². The molecule has 1 aromatic carbocycles. The first-order valence-electron chi connectivity index (χ1n) is 5.56. The summed E-state index contributed by atoms with van der Waals surface area (Å²) in [5.41, 5.74) is 7.21. The zero-order valence-corrected chi connectivity index (χ0v) is 10.1. The number of nitrogens with two attached hydrogens (primary N) is 1. The SMILES string of the molecule is CC.CN1CCN(c2cccc(N)c2)C1=O. The molecule has 88 valence electrons. The average Bonchev–Trinajstić information content (AvgIpc) is 2.63. The molecule has 4 nitrogen and oxygen atoms in total.